The smallest absolute Gasteiger partial charge is 0.221 e. The molecule has 8 aromatic rings. The van der Waals surface area contributed by atoms with Crippen molar-refractivity contribution in [1.82, 2.24) is 19.9 Å². The SMILES string of the molecule is c1ccc2c(c1)COc1nc3c(cc1-2)CCC3.c1ccc2c(c1)COc1nc3c(cc1-2)CCC3.c1ccc2c(c1)COc1nc3c(cc1-2)CCC3.c1ccc2c(c1)COc1nc3c(cc1-2)CCC3. The lowest BCUT2D eigenvalue weighted by atomic mass is 9.97. The van der Waals surface area contributed by atoms with Crippen molar-refractivity contribution in [2.24, 2.45) is 0 Å². The molecule has 68 heavy (non-hydrogen) atoms. The van der Waals surface area contributed by atoms with Crippen LogP contribution in [0.2, 0.25) is 0 Å². The van der Waals surface area contributed by atoms with Crippen molar-refractivity contribution < 1.29 is 18.9 Å². The van der Waals surface area contributed by atoms with Crippen LogP contribution in [0.25, 0.3) is 44.5 Å². The maximum atomic E-state index is 5.76. The molecule has 4 aromatic carbocycles. The van der Waals surface area contributed by atoms with Crippen LogP contribution >= 0.6 is 0 Å². The van der Waals surface area contributed by atoms with Gasteiger partial charge >= 0.3 is 0 Å². The first-order chi connectivity index (χ1) is 33.7. The molecule has 8 aliphatic rings. The Balaban J connectivity index is 0.0000000896. The monoisotopic (exact) mass is 892 g/mol. The van der Waals surface area contributed by atoms with Gasteiger partial charge in [-0.05, 0) is 168 Å². The highest BCUT2D eigenvalue weighted by Crippen LogP contribution is 2.43. The highest BCUT2D eigenvalue weighted by Gasteiger charge is 2.27. The molecule has 8 heteroatoms. The summed E-state index contributed by atoms with van der Waals surface area (Å²) in [6.45, 7) is 2.59. The van der Waals surface area contributed by atoms with E-state index in [0.29, 0.717) is 26.4 Å². The Kier molecular flexibility index (Phi) is 10.5. The fourth-order valence-electron chi connectivity index (χ4n) is 11.2. The van der Waals surface area contributed by atoms with Gasteiger partial charge in [-0.15, -0.1) is 0 Å². The van der Waals surface area contributed by atoms with Crippen LogP contribution in [0.15, 0.2) is 121 Å². The first-order valence-electron chi connectivity index (χ1n) is 24.6. The second-order valence-corrected chi connectivity index (χ2v) is 19.0. The number of hydrogen-bond donors (Lipinski definition) is 0. The molecule has 0 fully saturated rings. The molecule has 0 saturated heterocycles. The van der Waals surface area contributed by atoms with Gasteiger partial charge in [0.05, 0.1) is 0 Å². The molecule has 0 amide bonds. The summed E-state index contributed by atoms with van der Waals surface area (Å²) in [5, 5.41) is 0. The highest BCUT2D eigenvalue weighted by molar-refractivity contribution is 5.77. The minimum Gasteiger partial charge on any atom is -0.472 e. The van der Waals surface area contributed by atoms with Gasteiger partial charge in [0.25, 0.3) is 0 Å². The molecule has 0 N–H and O–H groups in total. The number of benzene rings is 4. The number of fused-ring (bicyclic) bond motifs is 16. The summed E-state index contributed by atoms with van der Waals surface area (Å²) >= 11 is 0. The molecule has 16 rings (SSSR count). The zero-order valence-corrected chi connectivity index (χ0v) is 38.3. The number of pyridine rings is 4. The topological polar surface area (TPSA) is 88.5 Å². The van der Waals surface area contributed by atoms with Crippen molar-refractivity contribution in [3.8, 4) is 68.0 Å². The molecule has 0 unspecified atom stereocenters. The van der Waals surface area contributed by atoms with E-state index in [2.05, 4.69) is 141 Å². The third kappa shape index (κ3) is 7.56. The summed E-state index contributed by atoms with van der Waals surface area (Å²) in [4.78, 5) is 18.7. The molecular weight excluding hydrogens is 841 g/mol. The van der Waals surface area contributed by atoms with E-state index in [1.807, 2.05) is 0 Å². The maximum Gasteiger partial charge on any atom is 0.221 e. The predicted molar refractivity (Wildman–Crippen MR) is 264 cm³/mol. The van der Waals surface area contributed by atoms with Gasteiger partial charge in [0.15, 0.2) is 0 Å². The van der Waals surface area contributed by atoms with Gasteiger partial charge in [-0.1, -0.05) is 97.1 Å². The summed E-state index contributed by atoms with van der Waals surface area (Å²) in [7, 11) is 0. The molecule has 336 valence electrons. The lowest BCUT2D eigenvalue weighted by molar-refractivity contribution is 0.289. The van der Waals surface area contributed by atoms with Crippen molar-refractivity contribution in [2.75, 3.05) is 0 Å². The Hall–Kier alpha value is -7.32. The average Bonchev–Trinajstić information content (AvgIpc) is 4.25. The van der Waals surface area contributed by atoms with Crippen molar-refractivity contribution in [1.29, 1.82) is 0 Å². The van der Waals surface area contributed by atoms with Crippen LogP contribution in [0, 0.1) is 0 Å². The molecule has 0 radical (unpaired) electrons. The largest absolute Gasteiger partial charge is 0.472 e. The quantitative estimate of drug-likeness (QED) is 0.149. The van der Waals surface area contributed by atoms with Gasteiger partial charge < -0.3 is 18.9 Å². The third-order valence-electron chi connectivity index (χ3n) is 14.8. The number of aromatic nitrogens is 4. The number of ether oxygens (including phenoxy) is 4. The molecule has 0 spiro atoms. The Morgan fingerprint density at radius 3 is 0.735 bits per heavy atom. The molecule has 0 atom stereocenters. The molecule has 4 aliphatic carbocycles. The standard InChI is InChI=1S/4C15H13NO/c4*1-2-6-12-11(4-1)9-17-15-13(12)8-10-5-3-7-14(10)16-15/h4*1-2,4,6,8H,3,5,7,9H2. The first-order valence-corrected chi connectivity index (χ1v) is 24.6. The van der Waals surface area contributed by atoms with E-state index >= 15 is 0 Å². The summed E-state index contributed by atoms with van der Waals surface area (Å²) < 4.78 is 23.1. The van der Waals surface area contributed by atoms with Crippen molar-refractivity contribution in [3.05, 3.63) is 189 Å². The summed E-state index contributed by atoms with van der Waals surface area (Å²) in [5.41, 5.74) is 25.5. The predicted octanol–water partition coefficient (Wildman–Crippen LogP) is 12.5. The zero-order valence-electron chi connectivity index (χ0n) is 38.3. The Bertz CT molecular complexity index is 2850. The van der Waals surface area contributed by atoms with Gasteiger partial charge in [0.2, 0.25) is 23.5 Å². The van der Waals surface area contributed by atoms with Crippen LogP contribution in [0.5, 0.6) is 23.5 Å². The van der Waals surface area contributed by atoms with Crippen LogP contribution in [0.4, 0.5) is 0 Å². The van der Waals surface area contributed by atoms with Crippen LogP contribution in [-0.4, -0.2) is 19.9 Å². The number of rotatable bonds is 0. The zero-order chi connectivity index (χ0) is 45.0. The maximum absolute atomic E-state index is 5.76. The Morgan fingerprint density at radius 2 is 0.485 bits per heavy atom. The fourth-order valence-corrected chi connectivity index (χ4v) is 11.2. The second-order valence-electron chi connectivity index (χ2n) is 19.0. The number of nitrogens with zero attached hydrogens (tertiary/aromatic N) is 4. The van der Waals surface area contributed by atoms with E-state index in [4.69, 9.17) is 18.9 Å². The summed E-state index contributed by atoms with van der Waals surface area (Å²) in [5.74, 6) is 3.29. The van der Waals surface area contributed by atoms with E-state index in [1.165, 1.54) is 137 Å². The molecule has 4 aliphatic heterocycles. The van der Waals surface area contributed by atoms with E-state index < -0.39 is 0 Å². The summed E-state index contributed by atoms with van der Waals surface area (Å²) in [6, 6.07) is 42.9. The summed E-state index contributed by atoms with van der Waals surface area (Å²) in [6.07, 6.45) is 14.0. The van der Waals surface area contributed by atoms with Gasteiger partial charge in [0.1, 0.15) is 26.4 Å². The molecule has 0 bridgehead atoms. The van der Waals surface area contributed by atoms with Crippen molar-refractivity contribution >= 4 is 0 Å². The second kappa shape index (κ2) is 17.4. The third-order valence-corrected chi connectivity index (χ3v) is 14.8. The van der Waals surface area contributed by atoms with Crippen LogP contribution in [-0.2, 0) is 77.8 Å². The van der Waals surface area contributed by atoms with Gasteiger partial charge in [-0.3, -0.25) is 0 Å². The molecule has 8 heterocycles. The fraction of sp³-hybridized carbons (Fsp3) is 0.267. The van der Waals surface area contributed by atoms with Crippen molar-refractivity contribution in [3.63, 3.8) is 0 Å². The average molecular weight is 893 g/mol. The first kappa shape index (κ1) is 40.9. The Labute approximate surface area is 397 Å². The normalized spacial score (nSPS) is 15.8. The minimum atomic E-state index is 0.648. The number of aryl methyl sites for hydroxylation is 8. The lowest BCUT2D eigenvalue weighted by Crippen LogP contribution is -2.08. The molecule has 0 saturated carbocycles. The minimum absolute atomic E-state index is 0.648. The van der Waals surface area contributed by atoms with E-state index in [-0.39, 0.29) is 0 Å². The number of hydrogen-bond acceptors (Lipinski definition) is 8. The molecule has 8 nitrogen and oxygen atoms in total. The van der Waals surface area contributed by atoms with E-state index in [0.717, 1.165) is 74.9 Å². The Morgan fingerprint density at radius 1 is 0.250 bits per heavy atom. The van der Waals surface area contributed by atoms with E-state index in [1.54, 1.807) is 0 Å². The van der Waals surface area contributed by atoms with Gasteiger partial charge in [-0.2, -0.15) is 0 Å². The van der Waals surface area contributed by atoms with E-state index in [9.17, 15) is 0 Å². The van der Waals surface area contributed by atoms with Crippen LogP contribution in [0.1, 0.15) is 93.0 Å². The van der Waals surface area contributed by atoms with Crippen LogP contribution in [0.3, 0.4) is 0 Å². The van der Waals surface area contributed by atoms with Gasteiger partial charge in [0, 0.05) is 45.0 Å². The lowest BCUT2D eigenvalue weighted by Gasteiger charge is -2.20. The van der Waals surface area contributed by atoms with Gasteiger partial charge in [-0.25, -0.2) is 19.9 Å². The molecular formula is C60H52N4O4. The van der Waals surface area contributed by atoms with Crippen LogP contribution < -0.4 is 18.9 Å². The van der Waals surface area contributed by atoms with Crippen molar-refractivity contribution in [2.45, 2.75) is 103 Å². The molecule has 4 aromatic heterocycles. The highest BCUT2D eigenvalue weighted by atomic mass is 16.5.